The number of nitrogens with zero attached hydrogens (tertiary/aromatic N) is 1. The molecule has 1 unspecified atom stereocenters. The van der Waals surface area contributed by atoms with Crippen LogP contribution < -0.4 is 10.1 Å². The molecule has 21 heavy (non-hydrogen) atoms. The molecule has 0 bridgehead atoms. The summed E-state index contributed by atoms with van der Waals surface area (Å²) in [5.74, 6) is 0.526. The third kappa shape index (κ3) is 4.60. The van der Waals surface area contributed by atoms with Gasteiger partial charge in [-0.3, -0.25) is 14.9 Å². The molecule has 0 radical (unpaired) electrons. The van der Waals surface area contributed by atoms with Gasteiger partial charge >= 0.3 is 0 Å². The van der Waals surface area contributed by atoms with Crippen LogP contribution in [-0.4, -0.2) is 29.9 Å². The Kier molecular flexibility index (Phi) is 6.42. The summed E-state index contributed by atoms with van der Waals surface area (Å²) < 4.78 is 5.07. The third-order valence-electron chi connectivity index (χ3n) is 3.18. The second kappa shape index (κ2) is 7.83. The van der Waals surface area contributed by atoms with Crippen LogP contribution in [0.2, 0.25) is 0 Å². The smallest absolute Gasteiger partial charge is 0.273 e. The first-order chi connectivity index (χ1) is 9.90. The zero-order valence-electron chi connectivity index (χ0n) is 12.3. The zero-order chi connectivity index (χ0) is 16.0. The number of non-ortho nitro benzene ring substituents is 1. The summed E-state index contributed by atoms with van der Waals surface area (Å²) in [4.78, 5) is 22.5. The van der Waals surface area contributed by atoms with Gasteiger partial charge in [-0.05, 0) is 18.4 Å². The van der Waals surface area contributed by atoms with Gasteiger partial charge in [-0.15, -0.1) is 11.6 Å². The quantitative estimate of drug-likeness (QED) is 0.476. The number of rotatable bonds is 7. The molecule has 0 aromatic heterocycles. The van der Waals surface area contributed by atoms with Crippen molar-refractivity contribution in [1.29, 1.82) is 0 Å². The lowest BCUT2D eigenvalue weighted by Crippen LogP contribution is -2.39. The van der Waals surface area contributed by atoms with Gasteiger partial charge in [0.25, 0.3) is 11.6 Å². The number of hydrogen-bond donors (Lipinski definition) is 1. The lowest BCUT2D eigenvalue weighted by molar-refractivity contribution is -0.384. The number of halogens is 1. The number of carbonyl (C=O) groups is 1. The Morgan fingerprint density at radius 2 is 2.14 bits per heavy atom. The van der Waals surface area contributed by atoms with Gasteiger partial charge in [0.2, 0.25) is 0 Å². The number of nitro benzene ring substituents is 1. The Labute approximate surface area is 128 Å². The van der Waals surface area contributed by atoms with Gasteiger partial charge in [-0.25, -0.2) is 0 Å². The minimum atomic E-state index is -0.533. The maximum Gasteiger partial charge on any atom is 0.273 e. The molecule has 116 valence electrons. The van der Waals surface area contributed by atoms with Crippen LogP contribution in [0, 0.1) is 16.0 Å². The highest BCUT2D eigenvalue weighted by Gasteiger charge is 2.21. The van der Waals surface area contributed by atoms with E-state index in [4.69, 9.17) is 16.3 Å². The van der Waals surface area contributed by atoms with E-state index in [0.29, 0.717) is 12.3 Å². The summed E-state index contributed by atoms with van der Waals surface area (Å²) in [6.07, 6.45) is 0.653. The van der Waals surface area contributed by atoms with Gasteiger partial charge < -0.3 is 10.1 Å². The minimum Gasteiger partial charge on any atom is -0.496 e. The van der Waals surface area contributed by atoms with Crippen molar-refractivity contribution in [2.24, 2.45) is 5.92 Å². The average Bonchev–Trinajstić information content (AvgIpc) is 2.45. The highest BCUT2D eigenvalue weighted by molar-refractivity contribution is 6.17. The predicted octanol–water partition coefficient (Wildman–Crippen LogP) is 2.99. The Bertz CT molecular complexity index is 520. The minimum absolute atomic E-state index is 0.0603. The topological polar surface area (TPSA) is 81.5 Å². The maximum absolute atomic E-state index is 12.3. The van der Waals surface area contributed by atoms with Crippen molar-refractivity contribution in [2.75, 3.05) is 13.0 Å². The molecule has 1 amide bonds. The Morgan fingerprint density at radius 3 is 2.62 bits per heavy atom. The van der Waals surface area contributed by atoms with Gasteiger partial charge in [0.15, 0.2) is 0 Å². The monoisotopic (exact) mass is 314 g/mol. The number of hydrogen-bond acceptors (Lipinski definition) is 4. The van der Waals surface area contributed by atoms with Crippen molar-refractivity contribution < 1.29 is 14.5 Å². The van der Waals surface area contributed by atoms with E-state index >= 15 is 0 Å². The zero-order valence-corrected chi connectivity index (χ0v) is 13.0. The van der Waals surface area contributed by atoms with E-state index in [1.165, 1.54) is 25.3 Å². The molecule has 1 aromatic carbocycles. The fourth-order valence-corrected chi connectivity index (χ4v) is 2.15. The Morgan fingerprint density at radius 1 is 1.48 bits per heavy atom. The maximum atomic E-state index is 12.3. The average molecular weight is 315 g/mol. The fourth-order valence-electron chi connectivity index (χ4n) is 1.92. The van der Waals surface area contributed by atoms with Crippen LogP contribution in [0.1, 0.15) is 30.6 Å². The van der Waals surface area contributed by atoms with Gasteiger partial charge in [0, 0.05) is 18.0 Å². The summed E-state index contributed by atoms with van der Waals surface area (Å²) in [5.41, 5.74) is 0.146. The lowest BCUT2D eigenvalue weighted by Gasteiger charge is -2.22. The number of nitro groups is 1. The molecule has 0 saturated heterocycles. The molecule has 1 rings (SSSR count). The third-order valence-corrected chi connectivity index (χ3v) is 3.40. The summed E-state index contributed by atoms with van der Waals surface area (Å²) in [7, 11) is 1.37. The van der Waals surface area contributed by atoms with Crippen LogP contribution in [0.4, 0.5) is 5.69 Å². The molecule has 6 nitrogen and oxygen atoms in total. The number of amides is 1. The van der Waals surface area contributed by atoms with Gasteiger partial charge in [-0.2, -0.15) is 0 Å². The SMILES string of the molecule is COc1cc([N+](=O)[O-])ccc1C(=O)NC(CCCl)C(C)C. The predicted molar refractivity (Wildman–Crippen MR) is 81.1 cm³/mol. The molecule has 0 saturated carbocycles. The van der Waals surface area contributed by atoms with E-state index in [2.05, 4.69) is 5.32 Å². The van der Waals surface area contributed by atoms with Crippen LogP contribution in [0.15, 0.2) is 18.2 Å². The van der Waals surface area contributed by atoms with Crippen LogP contribution in [0.3, 0.4) is 0 Å². The summed E-state index contributed by atoms with van der Waals surface area (Å²) >= 11 is 5.73. The number of alkyl halides is 1. The summed E-state index contributed by atoms with van der Waals surface area (Å²) in [6.45, 7) is 3.98. The number of benzene rings is 1. The molecule has 7 heteroatoms. The normalized spacial score (nSPS) is 12.0. The molecule has 0 aliphatic heterocycles. The van der Waals surface area contributed by atoms with E-state index in [0.717, 1.165) is 0 Å². The largest absolute Gasteiger partial charge is 0.496 e. The molecule has 0 aliphatic rings. The van der Waals surface area contributed by atoms with E-state index in [1.54, 1.807) is 0 Å². The van der Waals surface area contributed by atoms with Crippen molar-refractivity contribution >= 4 is 23.2 Å². The van der Waals surface area contributed by atoms with Gasteiger partial charge in [0.1, 0.15) is 5.75 Å². The van der Waals surface area contributed by atoms with E-state index < -0.39 is 4.92 Å². The van der Waals surface area contributed by atoms with Crippen molar-refractivity contribution in [1.82, 2.24) is 5.32 Å². The van der Waals surface area contributed by atoms with Crippen LogP contribution >= 0.6 is 11.6 Å². The molecule has 1 N–H and O–H groups in total. The van der Waals surface area contributed by atoms with E-state index in [-0.39, 0.29) is 34.9 Å². The first kappa shape index (κ1) is 17.2. The van der Waals surface area contributed by atoms with Crippen LogP contribution in [0.25, 0.3) is 0 Å². The number of carbonyl (C=O) groups excluding carboxylic acids is 1. The first-order valence-corrected chi connectivity index (χ1v) is 7.13. The van der Waals surface area contributed by atoms with Crippen molar-refractivity contribution in [3.8, 4) is 5.75 Å². The summed E-state index contributed by atoms with van der Waals surface area (Å²) in [6, 6.07) is 3.85. The van der Waals surface area contributed by atoms with Gasteiger partial charge in [0.05, 0.1) is 23.7 Å². The second-order valence-corrected chi connectivity index (χ2v) is 5.32. The number of ether oxygens (including phenoxy) is 1. The highest BCUT2D eigenvalue weighted by atomic mass is 35.5. The molecular weight excluding hydrogens is 296 g/mol. The van der Waals surface area contributed by atoms with Crippen molar-refractivity contribution in [3.63, 3.8) is 0 Å². The lowest BCUT2D eigenvalue weighted by atomic mass is 10.0. The fraction of sp³-hybridized carbons (Fsp3) is 0.500. The molecule has 0 heterocycles. The molecule has 0 aliphatic carbocycles. The molecular formula is C14H19ClN2O4. The molecule has 1 atom stereocenters. The molecule has 0 fully saturated rings. The Hall–Kier alpha value is -1.82. The highest BCUT2D eigenvalue weighted by Crippen LogP contribution is 2.25. The molecule has 0 spiro atoms. The number of nitrogens with one attached hydrogen (secondary N) is 1. The van der Waals surface area contributed by atoms with Crippen LogP contribution in [-0.2, 0) is 0 Å². The van der Waals surface area contributed by atoms with Crippen LogP contribution in [0.5, 0.6) is 5.75 Å². The number of methoxy groups -OCH3 is 1. The standard InChI is InChI=1S/C14H19ClN2O4/c1-9(2)12(6-7-15)16-14(18)11-5-4-10(17(19)20)8-13(11)21-3/h4-5,8-9,12H,6-7H2,1-3H3,(H,16,18). The second-order valence-electron chi connectivity index (χ2n) is 4.94. The van der Waals surface area contributed by atoms with Crippen molar-refractivity contribution in [2.45, 2.75) is 26.3 Å². The van der Waals surface area contributed by atoms with E-state index in [9.17, 15) is 14.9 Å². The van der Waals surface area contributed by atoms with Crippen molar-refractivity contribution in [3.05, 3.63) is 33.9 Å². The molecule has 1 aromatic rings. The summed E-state index contributed by atoms with van der Waals surface area (Å²) in [5, 5.41) is 13.6. The van der Waals surface area contributed by atoms with E-state index in [1.807, 2.05) is 13.8 Å². The Balaban J connectivity index is 2.98. The first-order valence-electron chi connectivity index (χ1n) is 6.60. The van der Waals surface area contributed by atoms with Gasteiger partial charge in [-0.1, -0.05) is 13.8 Å².